The average molecular weight is 305 g/mol. The second-order valence-electron chi connectivity index (χ2n) is 4.31. The Morgan fingerprint density at radius 2 is 1.90 bits per heavy atom. The van der Waals surface area contributed by atoms with Gasteiger partial charge in [-0.2, -0.15) is 0 Å². The van der Waals surface area contributed by atoms with Crippen molar-refractivity contribution in [3.63, 3.8) is 0 Å². The van der Waals surface area contributed by atoms with Crippen LogP contribution in [0.2, 0.25) is 5.02 Å². The number of anilines is 1. The molecule has 2 rings (SSSR count). The minimum Gasteiger partial charge on any atom is -0.309 e. The third kappa shape index (κ3) is 3.20. The molecule has 0 radical (unpaired) electrons. The molecule has 6 heteroatoms. The standard InChI is InChI=1S/C15H13ClN2O3/c1-2-17(11-6-4-3-5-7-11)15(19)13-9-8-12(18(20)21)10-14(13)16/h3-10H,2H2,1H3. The topological polar surface area (TPSA) is 63.5 Å². The first-order valence-corrected chi connectivity index (χ1v) is 6.73. The van der Waals surface area contributed by atoms with Crippen LogP contribution in [0.15, 0.2) is 48.5 Å². The number of nitrogens with zero attached hydrogens (tertiary/aromatic N) is 2. The van der Waals surface area contributed by atoms with Crippen LogP contribution >= 0.6 is 11.6 Å². The summed E-state index contributed by atoms with van der Waals surface area (Å²) in [6.07, 6.45) is 0. The molecule has 0 saturated heterocycles. The van der Waals surface area contributed by atoms with Crippen LogP contribution in [0.5, 0.6) is 0 Å². The summed E-state index contributed by atoms with van der Waals surface area (Å²) in [6, 6.07) is 13.0. The Kier molecular flexibility index (Phi) is 4.55. The molecule has 2 aromatic carbocycles. The van der Waals surface area contributed by atoms with Crippen molar-refractivity contribution in [2.45, 2.75) is 6.92 Å². The lowest BCUT2D eigenvalue weighted by Gasteiger charge is -2.21. The molecule has 0 atom stereocenters. The summed E-state index contributed by atoms with van der Waals surface area (Å²) in [5.41, 5.74) is 0.853. The van der Waals surface area contributed by atoms with Crippen molar-refractivity contribution in [1.82, 2.24) is 0 Å². The third-order valence-electron chi connectivity index (χ3n) is 3.02. The fraction of sp³-hybridized carbons (Fsp3) is 0.133. The maximum absolute atomic E-state index is 12.5. The van der Waals surface area contributed by atoms with Gasteiger partial charge in [0.1, 0.15) is 0 Å². The van der Waals surface area contributed by atoms with E-state index < -0.39 is 4.92 Å². The zero-order valence-corrected chi connectivity index (χ0v) is 12.1. The van der Waals surface area contributed by atoms with Crippen LogP contribution in [-0.4, -0.2) is 17.4 Å². The molecule has 21 heavy (non-hydrogen) atoms. The van der Waals surface area contributed by atoms with Crippen molar-refractivity contribution >= 4 is 28.9 Å². The lowest BCUT2D eigenvalue weighted by molar-refractivity contribution is -0.384. The molecular formula is C15H13ClN2O3. The fourth-order valence-corrected chi connectivity index (χ4v) is 2.24. The van der Waals surface area contributed by atoms with Crippen LogP contribution in [0.25, 0.3) is 0 Å². The van der Waals surface area contributed by atoms with Crippen LogP contribution < -0.4 is 4.90 Å². The molecule has 0 heterocycles. The van der Waals surface area contributed by atoms with Gasteiger partial charge in [0.2, 0.25) is 0 Å². The van der Waals surface area contributed by atoms with Crippen molar-refractivity contribution in [2.75, 3.05) is 11.4 Å². The number of nitro groups is 1. The molecule has 0 unspecified atom stereocenters. The lowest BCUT2D eigenvalue weighted by atomic mass is 10.1. The SMILES string of the molecule is CCN(C(=O)c1ccc([N+](=O)[O-])cc1Cl)c1ccccc1. The highest BCUT2D eigenvalue weighted by molar-refractivity contribution is 6.34. The zero-order valence-electron chi connectivity index (χ0n) is 11.3. The molecule has 0 fully saturated rings. The number of carbonyl (C=O) groups is 1. The van der Waals surface area contributed by atoms with Crippen LogP contribution in [0.4, 0.5) is 11.4 Å². The van der Waals surface area contributed by atoms with Gasteiger partial charge in [-0.1, -0.05) is 29.8 Å². The van der Waals surface area contributed by atoms with E-state index in [4.69, 9.17) is 11.6 Å². The molecule has 0 aliphatic carbocycles. The molecule has 0 spiro atoms. The van der Waals surface area contributed by atoms with E-state index in [9.17, 15) is 14.9 Å². The first kappa shape index (κ1) is 15.0. The van der Waals surface area contributed by atoms with Crippen LogP contribution in [-0.2, 0) is 0 Å². The molecule has 108 valence electrons. The Labute approximate surface area is 126 Å². The number of halogens is 1. The molecule has 5 nitrogen and oxygen atoms in total. The van der Waals surface area contributed by atoms with E-state index in [1.54, 1.807) is 4.90 Å². The summed E-state index contributed by atoms with van der Waals surface area (Å²) in [7, 11) is 0. The highest BCUT2D eigenvalue weighted by atomic mass is 35.5. The quantitative estimate of drug-likeness (QED) is 0.635. The number of nitro benzene ring substituents is 1. The monoisotopic (exact) mass is 304 g/mol. The molecule has 1 amide bonds. The van der Waals surface area contributed by atoms with Gasteiger partial charge in [-0.05, 0) is 25.1 Å². The Hall–Kier alpha value is -2.40. The summed E-state index contributed by atoms with van der Waals surface area (Å²) >= 11 is 6.00. The highest BCUT2D eigenvalue weighted by Gasteiger charge is 2.20. The molecular weight excluding hydrogens is 292 g/mol. The predicted molar refractivity (Wildman–Crippen MR) is 81.9 cm³/mol. The van der Waals surface area contributed by atoms with Crippen LogP contribution in [0.3, 0.4) is 0 Å². The fourth-order valence-electron chi connectivity index (χ4n) is 1.99. The minimum absolute atomic E-state index is 0.0728. The van der Waals surface area contributed by atoms with E-state index in [2.05, 4.69) is 0 Å². The first-order chi connectivity index (χ1) is 10.0. The predicted octanol–water partition coefficient (Wildman–Crippen LogP) is 3.91. The number of para-hydroxylation sites is 1. The molecule has 0 aliphatic heterocycles. The van der Waals surface area contributed by atoms with E-state index in [1.165, 1.54) is 18.2 Å². The number of amides is 1. The number of hydrogen-bond acceptors (Lipinski definition) is 3. The molecule has 0 N–H and O–H groups in total. The maximum atomic E-state index is 12.5. The number of rotatable bonds is 4. The van der Waals surface area contributed by atoms with Crippen molar-refractivity contribution in [1.29, 1.82) is 0 Å². The Morgan fingerprint density at radius 1 is 1.24 bits per heavy atom. The summed E-state index contributed by atoms with van der Waals surface area (Å²) in [5.74, 6) is -0.288. The van der Waals surface area contributed by atoms with Crippen LogP contribution in [0.1, 0.15) is 17.3 Å². The van der Waals surface area contributed by atoms with Gasteiger partial charge >= 0.3 is 0 Å². The number of benzene rings is 2. The Bertz CT molecular complexity index is 674. The summed E-state index contributed by atoms with van der Waals surface area (Å²) < 4.78 is 0. The van der Waals surface area contributed by atoms with Crippen molar-refractivity contribution in [3.8, 4) is 0 Å². The van der Waals surface area contributed by atoms with Gasteiger partial charge in [-0.25, -0.2) is 0 Å². The zero-order chi connectivity index (χ0) is 15.4. The molecule has 0 aliphatic rings. The van der Waals surface area contributed by atoms with Gasteiger partial charge in [0.05, 0.1) is 15.5 Å². The number of carbonyl (C=O) groups excluding carboxylic acids is 1. The molecule has 2 aromatic rings. The van der Waals surface area contributed by atoms with E-state index in [1.807, 2.05) is 37.3 Å². The summed E-state index contributed by atoms with van der Waals surface area (Å²) in [4.78, 5) is 24.3. The number of hydrogen-bond donors (Lipinski definition) is 0. The largest absolute Gasteiger partial charge is 0.309 e. The third-order valence-corrected chi connectivity index (χ3v) is 3.34. The molecule has 0 aromatic heterocycles. The van der Waals surface area contributed by atoms with Gasteiger partial charge in [0.15, 0.2) is 0 Å². The van der Waals surface area contributed by atoms with E-state index in [0.717, 1.165) is 5.69 Å². The summed E-state index contributed by atoms with van der Waals surface area (Å²) in [5, 5.41) is 10.8. The van der Waals surface area contributed by atoms with Gasteiger partial charge < -0.3 is 4.90 Å². The second-order valence-corrected chi connectivity index (χ2v) is 4.71. The second kappa shape index (κ2) is 6.37. The molecule has 0 saturated carbocycles. The van der Waals surface area contributed by atoms with E-state index >= 15 is 0 Å². The highest BCUT2D eigenvalue weighted by Crippen LogP contribution is 2.25. The van der Waals surface area contributed by atoms with Crippen LogP contribution in [0, 0.1) is 10.1 Å². The van der Waals surface area contributed by atoms with Gasteiger partial charge in [-0.15, -0.1) is 0 Å². The van der Waals surface area contributed by atoms with E-state index in [0.29, 0.717) is 6.54 Å². The van der Waals surface area contributed by atoms with Crippen molar-refractivity contribution in [2.24, 2.45) is 0 Å². The van der Waals surface area contributed by atoms with Gasteiger partial charge in [-0.3, -0.25) is 14.9 Å². The van der Waals surface area contributed by atoms with Gasteiger partial charge in [0, 0.05) is 24.4 Å². The first-order valence-electron chi connectivity index (χ1n) is 6.35. The van der Waals surface area contributed by atoms with Crippen molar-refractivity contribution in [3.05, 3.63) is 69.2 Å². The normalized spacial score (nSPS) is 10.2. The van der Waals surface area contributed by atoms with Crippen molar-refractivity contribution < 1.29 is 9.72 Å². The minimum atomic E-state index is -0.547. The Morgan fingerprint density at radius 3 is 2.43 bits per heavy atom. The smallest absolute Gasteiger partial charge is 0.270 e. The Balaban J connectivity index is 2.37. The van der Waals surface area contributed by atoms with E-state index in [-0.39, 0.29) is 22.2 Å². The molecule has 0 bridgehead atoms. The lowest BCUT2D eigenvalue weighted by Crippen LogP contribution is -2.30. The summed E-state index contributed by atoms with van der Waals surface area (Å²) in [6.45, 7) is 2.32. The maximum Gasteiger partial charge on any atom is 0.270 e. The number of non-ortho nitro benzene ring substituents is 1. The average Bonchev–Trinajstić information content (AvgIpc) is 2.48. The van der Waals surface area contributed by atoms with Gasteiger partial charge in [0.25, 0.3) is 11.6 Å².